The molecule has 7 nitrogen and oxygen atoms in total. The van der Waals surface area contributed by atoms with Gasteiger partial charge < -0.3 is 15.3 Å². The average molecular weight is 380 g/mol. The number of nitrogens with one attached hydrogen (secondary N) is 1. The van der Waals surface area contributed by atoms with Crippen molar-refractivity contribution in [2.45, 2.75) is 6.18 Å². The minimum Gasteiger partial charge on any atom is -0.476 e. The van der Waals surface area contributed by atoms with E-state index in [1.165, 1.54) is 12.1 Å². The quantitative estimate of drug-likeness (QED) is 0.782. The van der Waals surface area contributed by atoms with Crippen LogP contribution < -0.4 is 10.2 Å². The van der Waals surface area contributed by atoms with Crippen molar-refractivity contribution < 1.29 is 27.9 Å². The summed E-state index contributed by atoms with van der Waals surface area (Å²) in [7, 11) is 0. The number of carboxylic acids is 1. The molecule has 0 aliphatic carbocycles. The van der Waals surface area contributed by atoms with Crippen LogP contribution >= 0.6 is 0 Å². The summed E-state index contributed by atoms with van der Waals surface area (Å²) in [5.74, 6) is -2.36. The maximum atomic E-state index is 13.3. The van der Waals surface area contributed by atoms with Crippen molar-refractivity contribution >= 4 is 17.4 Å². The number of aromatic nitrogens is 2. The topological polar surface area (TPSA) is 95.4 Å². The number of anilines is 1. The lowest BCUT2D eigenvalue weighted by atomic mass is 9.97. The van der Waals surface area contributed by atoms with Gasteiger partial charge in [-0.25, -0.2) is 4.79 Å². The Morgan fingerprint density at radius 2 is 1.78 bits per heavy atom. The van der Waals surface area contributed by atoms with Crippen molar-refractivity contribution in [2.75, 3.05) is 31.1 Å². The molecule has 0 spiro atoms. The van der Waals surface area contributed by atoms with Gasteiger partial charge in [0.2, 0.25) is 0 Å². The summed E-state index contributed by atoms with van der Waals surface area (Å²) in [4.78, 5) is 26.1. The molecule has 0 atom stereocenters. The van der Waals surface area contributed by atoms with Gasteiger partial charge in [0.25, 0.3) is 0 Å². The second kappa shape index (κ2) is 7.31. The first-order chi connectivity index (χ1) is 12.8. The minimum atomic E-state index is -4.72. The van der Waals surface area contributed by atoms with Gasteiger partial charge in [-0.05, 0) is 6.07 Å². The molecule has 27 heavy (non-hydrogen) atoms. The third-order valence-corrected chi connectivity index (χ3v) is 4.18. The number of hydrogen-bond donors (Lipinski definition) is 2. The van der Waals surface area contributed by atoms with Crippen molar-refractivity contribution in [1.29, 1.82) is 0 Å². The van der Waals surface area contributed by atoms with E-state index in [1.807, 2.05) is 0 Å². The summed E-state index contributed by atoms with van der Waals surface area (Å²) in [5.41, 5.74) is -2.35. The number of carbonyl (C=O) groups excluding carboxylic acids is 1. The highest BCUT2D eigenvalue weighted by Crippen LogP contribution is 2.34. The van der Waals surface area contributed by atoms with Crippen LogP contribution in [0.2, 0.25) is 0 Å². The molecule has 2 heterocycles. The molecule has 1 aromatic heterocycles. The number of piperazine rings is 1. The number of hydrogen-bond acceptors (Lipinski definition) is 6. The van der Waals surface area contributed by atoms with Gasteiger partial charge in [-0.3, -0.25) is 4.79 Å². The standard InChI is InChI=1S/C17H15F3N4O3/c18-17(19,20)12-4-2-1-3-10(12)15(25)11-9-22-23-13(16(26)27)14(11)24-7-5-21-6-8-24/h1-4,9,21H,5-8H2,(H,26,27). The molecule has 0 unspecified atom stereocenters. The molecule has 3 rings (SSSR count). The number of benzene rings is 1. The Hall–Kier alpha value is -3.01. The molecule has 1 saturated heterocycles. The van der Waals surface area contributed by atoms with Crippen LogP contribution in [-0.2, 0) is 6.18 Å². The van der Waals surface area contributed by atoms with E-state index in [0.717, 1.165) is 18.3 Å². The zero-order valence-electron chi connectivity index (χ0n) is 14.0. The molecular formula is C17H15F3N4O3. The first kappa shape index (κ1) is 18.8. The van der Waals surface area contributed by atoms with Crippen LogP contribution in [-0.4, -0.2) is 53.2 Å². The number of nitrogens with zero attached hydrogens (tertiary/aromatic N) is 3. The van der Waals surface area contributed by atoms with E-state index < -0.39 is 34.7 Å². The number of rotatable bonds is 4. The summed E-state index contributed by atoms with van der Waals surface area (Å²) in [6.45, 7) is 1.84. The van der Waals surface area contributed by atoms with Gasteiger partial charge in [0.15, 0.2) is 11.5 Å². The third kappa shape index (κ3) is 3.75. The fourth-order valence-electron chi connectivity index (χ4n) is 2.97. The molecule has 0 radical (unpaired) electrons. The van der Waals surface area contributed by atoms with Gasteiger partial charge in [-0.2, -0.15) is 18.3 Å². The second-order valence-corrected chi connectivity index (χ2v) is 5.87. The number of halogens is 3. The van der Waals surface area contributed by atoms with E-state index in [0.29, 0.717) is 26.2 Å². The third-order valence-electron chi connectivity index (χ3n) is 4.18. The number of carbonyl (C=O) groups is 2. The lowest BCUT2D eigenvalue weighted by Gasteiger charge is -2.31. The van der Waals surface area contributed by atoms with E-state index in [-0.39, 0.29) is 11.3 Å². The Morgan fingerprint density at radius 1 is 1.11 bits per heavy atom. The maximum Gasteiger partial charge on any atom is 0.417 e. The molecule has 1 aliphatic rings. The largest absolute Gasteiger partial charge is 0.476 e. The van der Waals surface area contributed by atoms with Crippen LogP contribution in [0.1, 0.15) is 32.0 Å². The Morgan fingerprint density at radius 3 is 2.41 bits per heavy atom. The van der Waals surface area contributed by atoms with Crippen LogP contribution in [0.15, 0.2) is 30.5 Å². The van der Waals surface area contributed by atoms with E-state index in [1.54, 1.807) is 4.90 Å². The van der Waals surface area contributed by atoms with E-state index in [2.05, 4.69) is 15.5 Å². The molecule has 1 aliphatic heterocycles. The minimum absolute atomic E-state index is 0.0130. The lowest BCUT2D eigenvalue weighted by molar-refractivity contribution is -0.137. The first-order valence-electron chi connectivity index (χ1n) is 8.06. The molecule has 0 saturated carbocycles. The Balaban J connectivity index is 2.16. The summed E-state index contributed by atoms with van der Waals surface area (Å²) >= 11 is 0. The number of alkyl halides is 3. The Bertz CT molecular complexity index is 880. The number of aromatic carboxylic acids is 1. The molecule has 0 bridgehead atoms. The average Bonchev–Trinajstić information content (AvgIpc) is 2.66. The lowest BCUT2D eigenvalue weighted by Crippen LogP contribution is -2.45. The summed E-state index contributed by atoms with van der Waals surface area (Å²) < 4.78 is 39.9. The Kier molecular flexibility index (Phi) is 5.08. The summed E-state index contributed by atoms with van der Waals surface area (Å²) in [6, 6.07) is 4.38. The predicted molar refractivity (Wildman–Crippen MR) is 89.0 cm³/mol. The highest BCUT2D eigenvalue weighted by molar-refractivity contribution is 6.15. The SMILES string of the molecule is O=C(c1ccccc1C(F)(F)F)c1cnnc(C(=O)O)c1N1CCNCC1. The number of ketones is 1. The Labute approximate surface area is 151 Å². The molecular weight excluding hydrogens is 365 g/mol. The smallest absolute Gasteiger partial charge is 0.417 e. The highest BCUT2D eigenvalue weighted by atomic mass is 19.4. The second-order valence-electron chi connectivity index (χ2n) is 5.87. The normalized spacial score (nSPS) is 14.9. The van der Waals surface area contributed by atoms with E-state index >= 15 is 0 Å². The van der Waals surface area contributed by atoms with Gasteiger partial charge in [0, 0.05) is 31.7 Å². The van der Waals surface area contributed by atoms with Crippen LogP contribution in [0.5, 0.6) is 0 Å². The first-order valence-corrected chi connectivity index (χ1v) is 8.06. The van der Waals surface area contributed by atoms with Crippen molar-refractivity contribution in [3.8, 4) is 0 Å². The zero-order chi connectivity index (χ0) is 19.6. The van der Waals surface area contributed by atoms with E-state index in [9.17, 15) is 27.9 Å². The van der Waals surface area contributed by atoms with Crippen molar-refractivity contribution in [1.82, 2.24) is 15.5 Å². The number of carboxylic acid groups (broad SMARTS) is 1. The molecule has 2 N–H and O–H groups in total. The summed E-state index contributed by atoms with van der Waals surface area (Å²) in [6.07, 6.45) is -3.71. The van der Waals surface area contributed by atoms with Crippen molar-refractivity contribution in [2.24, 2.45) is 0 Å². The fraction of sp³-hybridized carbons (Fsp3) is 0.294. The van der Waals surface area contributed by atoms with Gasteiger partial charge in [0.1, 0.15) is 0 Å². The monoisotopic (exact) mass is 380 g/mol. The van der Waals surface area contributed by atoms with Gasteiger partial charge in [0.05, 0.1) is 23.0 Å². The van der Waals surface area contributed by atoms with Crippen LogP contribution in [0.3, 0.4) is 0 Å². The molecule has 10 heteroatoms. The highest BCUT2D eigenvalue weighted by Gasteiger charge is 2.36. The van der Waals surface area contributed by atoms with Gasteiger partial charge in [-0.1, -0.05) is 18.2 Å². The predicted octanol–water partition coefficient (Wildman–Crippen LogP) is 1.83. The molecule has 2 aromatic rings. The van der Waals surface area contributed by atoms with Crippen molar-refractivity contribution in [3.05, 3.63) is 52.8 Å². The molecule has 142 valence electrons. The van der Waals surface area contributed by atoms with Crippen LogP contribution in [0, 0.1) is 0 Å². The molecule has 1 fully saturated rings. The fourth-order valence-corrected chi connectivity index (χ4v) is 2.97. The molecule has 1 aromatic carbocycles. The zero-order valence-corrected chi connectivity index (χ0v) is 14.0. The van der Waals surface area contributed by atoms with Crippen LogP contribution in [0.4, 0.5) is 18.9 Å². The molecule has 0 amide bonds. The summed E-state index contributed by atoms with van der Waals surface area (Å²) in [5, 5.41) is 19.6. The van der Waals surface area contributed by atoms with E-state index in [4.69, 9.17) is 0 Å². The maximum absolute atomic E-state index is 13.3. The van der Waals surface area contributed by atoms with Crippen molar-refractivity contribution in [3.63, 3.8) is 0 Å². The van der Waals surface area contributed by atoms with Gasteiger partial charge >= 0.3 is 12.1 Å². The van der Waals surface area contributed by atoms with Gasteiger partial charge in [-0.15, -0.1) is 5.10 Å². The van der Waals surface area contributed by atoms with Crippen LogP contribution in [0.25, 0.3) is 0 Å².